The van der Waals surface area contributed by atoms with Gasteiger partial charge in [-0.3, -0.25) is 9.59 Å². The van der Waals surface area contributed by atoms with Gasteiger partial charge in [0.1, 0.15) is 6.04 Å². The van der Waals surface area contributed by atoms with E-state index >= 15 is 0 Å². The average molecular weight is 374 g/mol. The van der Waals surface area contributed by atoms with Crippen LogP contribution in [0.5, 0.6) is 0 Å². The van der Waals surface area contributed by atoms with Crippen LogP contribution in [0.15, 0.2) is 48.5 Å². The van der Waals surface area contributed by atoms with Crippen molar-refractivity contribution in [1.82, 2.24) is 5.32 Å². The van der Waals surface area contributed by atoms with Crippen molar-refractivity contribution < 1.29 is 9.59 Å². The molecular weight excluding hydrogens is 350 g/mol. The number of hydrogen-bond donors (Lipinski definition) is 2. The van der Waals surface area contributed by atoms with Gasteiger partial charge in [-0.05, 0) is 35.6 Å². The summed E-state index contributed by atoms with van der Waals surface area (Å²) in [5, 5.41) is 2.90. The molecule has 0 aromatic heterocycles. The Morgan fingerprint density at radius 2 is 1.92 bits per heavy atom. The van der Waals surface area contributed by atoms with E-state index in [2.05, 4.69) is 5.32 Å². The van der Waals surface area contributed by atoms with E-state index in [0.29, 0.717) is 13.0 Å². The lowest BCUT2D eigenvalue weighted by Crippen LogP contribution is -2.47. The quantitative estimate of drug-likeness (QED) is 0.862. The smallest absolute Gasteiger partial charge is 0.249 e. The highest BCUT2D eigenvalue weighted by molar-refractivity contribution is 6.00. The summed E-state index contributed by atoms with van der Waals surface area (Å²) in [7, 11) is 1.76. The summed E-state index contributed by atoms with van der Waals surface area (Å²) < 4.78 is 0. The van der Waals surface area contributed by atoms with Gasteiger partial charge in [-0.1, -0.05) is 42.5 Å². The second kappa shape index (κ2) is 8.83. The van der Waals surface area contributed by atoms with Crippen LogP contribution >= 0.6 is 12.4 Å². The molecule has 2 amide bonds. The van der Waals surface area contributed by atoms with E-state index in [-0.39, 0.29) is 30.6 Å². The molecule has 0 bridgehead atoms. The van der Waals surface area contributed by atoms with E-state index in [1.807, 2.05) is 48.5 Å². The lowest BCUT2D eigenvalue weighted by molar-refractivity contribution is -0.127. The predicted molar refractivity (Wildman–Crippen MR) is 105 cm³/mol. The molecule has 0 unspecified atom stereocenters. The van der Waals surface area contributed by atoms with Gasteiger partial charge in [0.2, 0.25) is 11.8 Å². The number of para-hydroxylation sites is 1. The molecule has 0 radical (unpaired) electrons. The topological polar surface area (TPSA) is 75.4 Å². The van der Waals surface area contributed by atoms with E-state index in [1.165, 1.54) is 0 Å². The molecule has 3 rings (SSSR count). The fourth-order valence-electron chi connectivity index (χ4n) is 3.26. The standard InChI is InChI=1S/C20H23N3O2.ClH/c1-23-18-8-3-2-7-16(18)9-10-17(20(23)25)22-19(24)12-14-5-4-6-15(11-14)13-21;/h2-8,11,17H,9-10,12-13,21H2,1H3,(H,22,24);1H/t17-;/m0./s1. The predicted octanol–water partition coefficient (Wildman–Crippen LogP) is 2.20. The first-order valence-corrected chi connectivity index (χ1v) is 8.51. The minimum atomic E-state index is -0.498. The Morgan fingerprint density at radius 1 is 1.19 bits per heavy atom. The number of amides is 2. The Balaban J connectivity index is 0.00000243. The zero-order chi connectivity index (χ0) is 17.8. The molecule has 0 saturated heterocycles. The number of rotatable bonds is 4. The molecule has 1 heterocycles. The summed E-state index contributed by atoms with van der Waals surface area (Å²) in [5.41, 5.74) is 9.58. The number of fused-ring (bicyclic) bond motifs is 1. The number of halogens is 1. The fourth-order valence-corrected chi connectivity index (χ4v) is 3.26. The zero-order valence-electron chi connectivity index (χ0n) is 14.8. The number of nitrogens with two attached hydrogens (primary N) is 1. The average Bonchev–Trinajstić information content (AvgIpc) is 2.74. The molecule has 5 nitrogen and oxygen atoms in total. The normalized spacial score (nSPS) is 16.3. The van der Waals surface area contributed by atoms with Crippen molar-refractivity contribution in [2.45, 2.75) is 31.8 Å². The molecule has 0 spiro atoms. The molecule has 2 aromatic rings. The van der Waals surface area contributed by atoms with Crippen molar-refractivity contribution in [2.75, 3.05) is 11.9 Å². The molecule has 138 valence electrons. The Labute approximate surface area is 160 Å². The van der Waals surface area contributed by atoms with Gasteiger partial charge in [0.25, 0.3) is 0 Å². The van der Waals surface area contributed by atoms with Crippen molar-refractivity contribution in [3.05, 3.63) is 65.2 Å². The van der Waals surface area contributed by atoms with Gasteiger partial charge >= 0.3 is 0 Å². The van der Waals surface area contributed by atoms with Crippen LogP contribution in [0.3, 0.4) is 0 Å². The summed E-state index contributed by atoms with van der Waals surface area (Å²) >= 11 is 0. The number of anilines is 1. The summed E-state index contributed by atoms with van der Waals surface area (Å²) in [6, 6.07) is 15.0. The highest BCUT2D eigenvalue weighted by atomic mass is 35.5. The van der Waals surface area contributed by atoms with Crippen LogP contribution in [0.1, 0.15) is 23.1 Å². The lowest BCUT2D eigenvalue weighted by Gasteiger charge is -2.22. The van der Waals surface area contributed by atoms with E-state index < -0.39 is 6.04 Å². The van der Waals surface area contributed by atoms with Gasteiger partial charge in [-0.25, -0.2) is 0 Å². The SMILES string of the molecule is CN1C(=O)[C@@H](NC(=O)Cc2cccc(CN)c2)CCc2ccccc21.Cl. The number of nitrogens with zero attached hydrogens (tertiary/aromatic N) is 1. The van der Waals surface area contributed by atoms with Gasteiger partial charge < -0.3 is 16.0 Å². The van der Waals surface area contributed by atoms with Crippen molar-refractivity contribution in [3.8, 4) is 0 Å². The zero-order valence-corrected chi connectivity index (χ0v) is 15.6. The first-order valence-electron chi connectivity index (χ1n) is 8.51. The Bertz CT molecular complexity index is 794. The largest absolute Gasteiger partial charge is 0.344 e. The molecular formula is C20H24ClN3O2. The Kier molecular flexibility index (Phi) is 6.77. The molecule has 3 N–H and O–H groups in total. The third kappa shape index (κ3) is 4.42. The van der Waals surface area contributed by atoms with Crippen LogP contribution in [0.25, 0.3) is 0 Å². The molecule has 1 aliphatic rings. The summed E-state index contributed by atoms with van der Waals surface area (Å²) in [4.78, 5) is 26.7. The van der Waals surface area contributed by atoms with Gasteiger partial charge in [-0.2, -0.15) is 0 Å². The first kappa shape index (κ1) is 19.9. The number of nitrogens with one attached hydrogen (secondary N) is 1. The molecule has 0 fully saturated rings. The maximum atomic E-state index is 12.7. The maximum absolute atomic E-state index is 12.7. The monoisotopic (exact) mass is 373 g/mol. The van der Waals surface area contributed by atoms with Crippen molar-refractivity contribution >= 4 is 29.9 Å². The highest BCUT2D eigenvalue weighted by Crippen LogP contribution is 2.25. The third-order valence-electron chi connectivity index (χ3n) is 4.61. The highest BCUT2D eigenvalue weighted by Gasteiger charge is 2.28. The molecule has 26 heavy (non-hydrogen) atoms. The fraction of sp³-hybridized carbons (Fsp3) is 0.300. The van der Waals surface area contributed by atoms with Crippen LogP contribution in [-0.2, 0) is 29.0 Å². The maximum Gasteiger partial charge on any atom is 0.249 e. The lowest BCUT2D eigenvalue weighted by atomic mass is 10.0. The van der Waals surface area contributed by atoms with Crippen molar-refractivity contribution in [2.24, 2.45) is 5.73 Å². The van der Waals surface area contributed by atoms with E-state index in [9.17, 15) is 9.59 Å². The summed E-state index contributed by atoms with van der Waals surface area (Å²) in [6.45, 7) is 0.444. The number of carbonyl (C=O) groups is 2. The van der Waals surface area contributed by atoms with Crippen LogP contribution in [0.2, 0.25) is 0 Å². The van der Waals surface area contributed by atoms with Crippen LogP contribution in [-0.4, -0.2) is 24.9 Å². The number of carbonyl (C=O) groups excluding carboxylic acids is 2. The van der Waals surface area contributed by atoms with Gasteiger partial charge in [0, 0.05) is 19.3 Å². The number of benzene rings is 2. The Hall–Kier alpha value is -2.37. The summed E-state index contributed by atoms with van der Waals surface area (Å²) in [6.07, 6.45) is 1.61. The second-order valence-corrected chi connectivity index (χ2v) is 6.39. The molecule has 0 saturated carbocycles. The minimum Gasteiger partial charge on any atom is -0.344 e. The Morgan fingerprint density at radius 3 is 2.69 bits per heavy atom. The first-order chi connectivity index (χ1) is 12.1. The second-order valence-electron chi connectivity index (χ2n) is 6.39. The van der Waals surface area contributed by atoms with Crippen LogP contribution in [0.4, 0.5) is 5.69 Å². The molecule has 6 heteroatoms. The van der Waals surface area contributed by atoms with Crippen molar-refractivity contribution in [3.63, 3.8) is 0 Å². The minimum absolute atomic E-state index is 0. The van der Waals surface area contributed by atoms with Gasteiger partial charge in [-0.15, -0.1) is 12.4 Å². The van der Waals surface area contributed by atoms with Gasteiger partial charge in [0.15, 0.2) is 0 Å². The van der Waals surface area contributed by atoms with Crippen LogP contribution in [0, 0.1) is 0 Å². The number of likely N-dealkylation sites (N-methyl/N-ethyl adjacent to an activating group) is 1. The van der Waals surface area contributed by atoms with E-state index in [1.54, 1.807) is 11.9 Å². The summed E-state index contributed by atoms with van der Waals surface area (Å²) in [5.74, 6) is -0.221. The molecule has 0 aliphatic carbocycles. The third-order valence-corrected chi connectivity index (χ3v) is 4.61. The molecule has 1 atom stereocenters. The molecule has 2 aromatic carbocycles. The van der Waals surface area contributed by atoms with E-state index in [4.69, 9.17) is 5.73 Å². The number of hydrogen-bond acceptors (Lipinski definition) is 3. The number of aryl methyl sites for hydroxylation is 1. The van der Waals surface area contributed by atoms with E-state index in [0.717, 1.165) is 28.8 Å². The van der Waals surface area contributed by atoms with Crippen LogP contribution < -0.4 is 16.0 Å². The molecule has 1 aliphatic heterocycles. The van der Waals surface area contributed by atoms with Gasteiger partial charge in [0.05, 0.1) is 6.42 Å². The van der Waals surface area contributed by atoms with Crippen molar-refractivity contribution in [1.29, 1.82) is 0 Å².